The number of rotatable bonds is 8. The average molecular weight is 476 g/mol. The van der Waals surface area contributed by atoms with Crippen molar-refractivity contribution in [3.8, 4) is 5.75 Å². The number of nitrogens with zero attached hydrogens (tertiary/aromatic N) is 2. The minimum Gasteiger partial charge on any atom is -0.494 e. The molecule has 1 unspecified atom stereocenters. The van der Waals surface area contributed by atoms with Gasteiger partial charge in [-0.25, -0.2) is 4.39 Å². The maximum Gasteiger partial charge on any atom is 0.277 e. The first kappa shape index (κ1) is 24.4. The molecule has 4 rings (SSSR count). The molecule has 35 heavy (non-hydrogen) atoms. The highest BCUT2D eigenvalue weighted by Crippen LogP contribution is 2.32. The fourth-order valence-corrected chi connectivity index (χ4v) is 4.49. The zero-order valence-corrected chi connectivity index (χ0v) is 19.8. The highest BCUT2D eigenvalue weighted by Gasteiger charge is 2.36. The molecule has 0 spiro atoms. The Morgan fingerprint density at radius 1 is 1.03 bits per heavy atom. The van der Waals surface area contributed by atoms with Crippen molar-refractivity contribution < 1.29 is 18.7 Å². The molecule has 1 fully saturated rings. The molecule has 1 atom stereocenters. The summed E-state index contributed by atoms with van der Waals surface area (Å²) in [6.45, 7) is 2.38. The lowest BCUT2D eigenvalue weighted by atomic mass is 9.94. The van der Waals surface area contributed by atoms with Crippen molar-refractivity contribution in [2.75, 3.05) is 11.5 Å². The lowest BCUT2D eigenvalue weighted by Crippen LogP contribution is -2.47. The third kappa shape index (κ3) is 5.85. The van der Waals surface area contributed by atoms with Crippen LogP contribution in [-0.2, 0) is 4.79 Å². The topological polar surface area (TPSA) is 71.5 Å². The molecule has 3 aromatic rings. The molecule has 6 nitrogen and oxygen atoms in total. The molecule has 1 aliphatic carbocycles. The van der Waals surface area contributed by atoms with Gasteiger partial charge in [-0.1, -0.05) is 43.5 Å². The van der Waals surface area contributed by atoms with Gasteiger partial charge in [0.25, 0.3) is 5.91 Å². The Hall–Kier alpha value is -3.74. The molecule has 1 aromatic heterocycles. The zero-order chi connectivity index (χ0) is 24.6. The van der Waals surface area contributed by atoms with Crippen molar-refractivity contribution >= 4 is 17.5 Å². The lowest BCUT2D eigenvalue weighted by Gasteiger charge is -2.33. The van der Waals surface area contributed by atoms with Gasteiger partial charge in [0.15, 0.2) is 0 Å². The molecule has 2 amide bonds. The van der Waals surface area contributed by atoms with Crippen molar-refractivity contribution in [3.63, 3.8) is 0 Å². The molecule has 7 heteroatoms. The number of nitrogens with one attached hydrogen (secondary N) is 1. The second kappa shape index (κ2) is 11.6. The lowest BCUT2D eigenvalue weighted by molar-refractivity contribution is -0.123. The molecular weight excluding hydrogens is 445 g/mol. The van der Waals surface area contributed by atoms with Crippen molar-refractivity contribution in [2.45, 2.75) is 51.1 Å². The number of hydrogen-bond donors (Lipinski definition) is 1. The van der Waals surface area contributed by atoms with Gasteiger partial charge < -0.3 is 10.1 Å². The number of pyridine rings is 1. The Morgan fingerprint density at radius 2 is 1.74 bits per heavy atom. The largest absolute Gasteiger partial charge is 0.494 e. The second-order valence-electron chi connectivity index (χ2n) is 8.58. The number of ether oxygens (including phenoxy) is 1. The predicted octanol–water partition coefficient (Wildman–Crippen LogP) is 5.46. The second-order valence-corrected chi connectivity index (χ2v) is 8.58. The fourth-order valence-electron chi connectivity index (χ4n) is 4.49. The Bertz CT molecular complexity index is 1130. The first-order chi connectivity index (χ1) is 17.1. The standard InChI is InChI=1S/C28H30FN3O3/c1-2-35-22-17-15-21(16-18-22)32(28(34)25-14-8-9-19-30-25)26(23-12-6-7-13-24(23)29)27(33)31-20-10-4-3-5-11-20/h6-9,12-20,26H,2-5,10-11H2,1H3,(H,31,33). The summed E-state index contributed by atoms with van der Waals surface area (Å²) in [7, 11) is 0. The van der Waals surface area contributed by atoms with Gasteiger partial charge in [0, 0.05) is 23.5 Å². The quantitative estimate of drug-likeness (QED) is 0.470. The molecule has 1 aliphatic rings. The summed E-state index contributed by atoms with van der Waals surface area (Å²) in [5.74, 6) is -0.835. The van der Waals surface area contributed by atoms with Crippen LogP contribution in [-0.4, -0.2) is 29.4 Å². The molecule has 182 valence electrons. The number of anilines is 1. The predicted molar refractivity (Wildman–Crippen MR) is 133 cm³/mol. The minimum atomic E-state index is -1.22. The van der Waals surface area contributed by atoms with E-state index in [0.717, 1.165) is 32.1 Å². The summed E-state index contributed by atoms with van der Waals surface area (Å²) in [6, 6.07) is 16.7. The van der Waals surface area contributed by atoms with Crippen LogP contribution in [0.4, 0.5) is 10.1 Å². The van der Waals surface area contributed by atoms with E-state index < -0.39 is 23.7 Å². The van der Waals surface area contributed by atoms with E-state index in [1.807, 2.05) is 6.92 Å². The number of halogens is 1. The summed E-state index contributed by atoms with van der Waals surface area (Å²) in [6.07, 6.45) is 6.46. The molecule has 1 heterocycles. The van der Waals surface area contributed by atoms with Gasteiger partial charge in [0.05, 0.1) is 6.61 Å². The van der Waals surface area contributed by atoms with Crippen molar-refractivity contribution in [2.24, 2.45) is 0 Å². The van der Waals surface area contributed by atoms with E-state index >= 15 is 4.39 Å². The summed E-state index contributed by atoms with van der Waals surface area (Å²) in [5.41, 5.74) is 0.725. The van der Waals surface area contributed by atoms with Crippen molar-refractivity contribution in [1.82, 2.24) is 10.3 Å². The van der Waals surface area contributed by atoms with Crippen LogP contribution in [0.15, 0.2) is 72.9 Å². The Labute approximate surface area is 205 Å². The number of carbonyl (C=O) groups excluding carboxylic acids is 2. The van der Waals surface area contributed by atoms with Gasteiger partial charge in [-0.15, -0.1) is 0 Å². The number of aromatic nitrogens is 1. The van der Waals surface area contributed by atoms with E-state index in [4.69, 9.17) is 4.74 Å². The Balaban J connectivity index is 1.80. The number of amides is 2. The smallest absolute Gasteiger partial charge is 0.277 e. The maximum atomic E-state index is 15.1. The van der Waals surface area contributed by atoms with Crippen LogP contribution in [0.2, 0.25) is 0 Å². The van der Waals surface area contributed by atoms with Gasteiger partial charge in [0.1, 0.15) is 23.3 Å². The van der Waals surface area contributed by atoms with Crippen molar-refractivity contribution in [1.29, 1.82) is 0 Å². The highest BCUT2D eigenvalue weighted by atomic mass is 19.1. The molecule has 0 aliphatic heterocycles. The third-order valence-corrected chi connectivity index (χ3v) is 6.19. The summed E-state index contributed by atoms with van der Waals surface area (Å²) >= 11 is 0. The third-order valence-electron chi connectivity index (χ3n) is 6.19. The monoisotopic (exact) mass is 475 g/mol. The molecule has 0 saturated heterocycles. The maximum absolute atomic E-state index is 15.1. The van der Waals surface area contributed by atoms with Gasteiger partial charge in [-0.05, 0) is 62.2 Å². The molecule has 1 saturated carbocycles. The van der Waals surface area contributed by atoms with Crippen LogP contribution in [0, 0.1) is 5.82 Å². The highest BCUT2D eigenvalue weighted by molar-refractivity contribution is 6.09. The van der Waals surface area contributed by atoms with E-state index in [1.165, 1.54) is 17.2 Å². The fraction of sp³-hybridized carbons (Fsp3) is 0.321. The number of carbonyl (C=O) groups is 2. The Morgan fingerprint density at radius 3 is 2.40 bits per heavy atom. The van der Waals surface area contributed by atoms with Gasteiger partial charge in [-0.2, -0.15) is 0 Å². The van der Waals surface area contributed by atoms with E-state index in [-0.39, 0.29) is 17.3 Å². The van der Waals surface area contributed by atoms with Crippen LogP contribution in [0.3, 0.4) is 0 Å². The molecule has 0 radical (unpaired) electrons. The first-order valence-corrected chi connectivity index (χ1v) is 12.1. The van der Waals surface area contributed by atoms with Crippen LogP contribution in [0.5, 0.6) is 5.75 Å². The van der Waals surface area contributed by atoms with E-state index in [1.54, 1.807) is 60.7 Å². The first-order valence-electron chi connectivity index (χ1n) is 12.1. The van der Waals surface area contributed by atoms with Crippen molar-refractivity contribution in [3.05, 3.63) is 90.0 Å². The Kier molecular flexibility index (Phi) is 8.08. The molecule has 2 aromatic carbocycles. The van der Waals surface area contributed by atoms with Gasteiger partial charge in [0.2, 0.25) is 5.91 Å². The number of benzene rings is 2. The zero-order valence-electron chi connectivity index (χ0n) is 19.8. The summed E-state index contributed by atoms with van der Waals surface area (Å²) in [5, 5.41) is 3.09. The average Bonchev–Trinajstić information content (AvgIpc) is 2.89. The summed E-state index contributed by atoms with van der Waals surface area (Å²) < 4.78 is 20.7. The molecule has 0 bridgehead atoms. The van der Waals surface area contributed by atoms with Gasteiger partial charge >= 0.3 is 0 Å². The minimum absolute atomic E-state index is 0.00217. The van der Waals surface area contributed by atoms with Crippen LogP contribution >= 0.6 is 0 Å². The number of hydrogen-bond acceptors (Lipinski definition) is 4. The SMILES string of the molecule is CCOc1ccc(N(C(=O)c2ccccn2)C(C(=O)NC2CCCCC2)c2ccccc2F)cc1. The van der Waals surface area contributed by atoms with Gasteiger partial charge in [-0.3, -0.25) is 19.5 Å². The van der Waals surface area contributed by atoms with Crippen LogP contribution in [0.25, 0.3) is 0 Å². The van der Waals surface area contributed by atoms with E-state index in [0.29, 0.717) is 18.0 Å². The molecular formula is C28H30FN3O3. The van der Waals surface area contributed by atoms with E-state index in [9.17, 15) is 9.59 Å². The van der Waals surface area contributed by atoms with E-state index in [2.05, 4.69) is 10.3 Å². The molecule has 1 N–H and O–H groups in total. The summed E-state index contributed by atoms with van der Waals surface area (Å²) in [4.78, 5) is 33.1. The normalized spacial score (nSPS) is 14.7. The van der Waals surface area contributed by atoms with Crippen LogP contribution < -0.4 is 15.0 Å². The van der Waals surface area contributed by atoms with Crippen LogP contribution in [0.1, 0.15) is 61.1 Å².